The van der Waals surface area contributed by atoms with Gasteiger partial charge in [0.1, 0.15) is 0 Å². The highest BCUT2D eigenvalue weighted by Gasteiger charge is 2.03. The molecule has 1 rings (SSSR count). The Hall–Kier alpha value is -0.370. The highest BCUT2D eigenvalue weighted by atomic mass is 35.5. The molecule has 0 amide bonds. The third kappa shape index (κ3) is 2.80. The SMILES string of the molecule is Nc1cc(Cl)c(C=CCCl)c(Cl)c1. The third-order valence-corrected chi connectivity index (χ3v) is 2.28. The van der Waals surface area contributed by atoms with Crippen molar-refractivity contribution in [3.05, 3.63) is 33.8 Å². The molecule has 0 fully saturated rings. The number of alkyl halides is 1. The average molecular weight is 237 g/mol. The second-order valence-electron chi connectivity index (χ2n) is 2.45. The van der Waals surface area contributed by atoms with E-state index in [2.05, 4.69) is 0 Å². The summed E-state index contributed by atoms with van der Waals surface area (Å²) < 4.78 is 0. The minimum atomic E-state index is 0.428. The van der Waals surface area contributed by atoms with Crippen molar-refractivity contribution in [3.63, 3.8) is 0 Å². The van der Waals surface area contributed by atoms with E-state index < -0.39 is 0 Å². The van der Waals surface area contributed by atoms with Gasteiger partial charge in [-0.1, -0.05) is 35.4 Å². The molecule has 13 heavy (non-hydrogen) atoms. The molecular weight excluding hydrogens is 228 g/mol. The molecular formula is C9H8Cl3N. The number of anilines is 1. The molecule has 4 heteroatoms. The topological polar surface area (TPSA) is 26.0 Å². The van der Waals surface area contributed by atoms with Gasteiger partial charge in [0.2, 0.25) is 0 Å². The Bertz CT molecular complexity index is 311. The van der Waals surface area contributed by atoms with Crippen LogP contribution in [0.2, 0.25) is 10.0 Å². The molecule has 1 aromatic carbocycles. The van der Waals surface area contributed by atoms with E-state index in [1.165, 1.54) is 0 Å². The van der Waals surface area contributed by atoms with Gasteiger partial charge >= 0.3 is 0 Å². The number of benzene rings is 1. The number of halogens is 3. The van der Waals surface area contributed by atoms with E-state index in [1.807, 2.05) is 0 Å². The van der Waals surface area contributed by atoms with Gasteiger partial charge in [-0.15, -0.1) is 11.6 Å². The van der Waals surface area contributed by atoms with E-state index in [1.54, 1.807) is 24.3 Å². The number of allylic oxidation sites excluding steroid dienone is 1. The van der Waals surface area contributed by atoms with Gasteiger partial charge in [0.25, 0.3) is 0 Å². The van der Waals surface area contributed by atoms with Gasteiger partial charge in [0.15, 0.2) is 0 Å². The summed E-state index contributed by atoms with van der Waals surface area (Å²) in [4.78, 5) is 0. The zero-order chi connectivity index (χ0) is 9.84. The Morgan fingerprint density at radius 2 is 1.77 bits per heavy atom. The molecule has 2 N–H and O–H groups in total. The fourth-order valence-corrected chi connectivity index (χ4v) is 1.64. The van der Waals surface area contributed by atoms with Crippen molar-refractivity contribution in [3.8, 4) is 0 Å². The van der Waals surface area contributed by atoms with E-state index in [0.29, 0.717) is 21.6 Å². The van der Waals surface area contributed by atoms with Crippen molar-refractivity contribution in [2.75, 3.05) is 11.6 Å². The summed E-state index contributed by atoms with van der Waals surface area (Å²) in [6.45, 7) is 0. The lowest BCUT2D eigenvalue weighted by Crippen LogP contribution is -1.87. The molecule has 0 bridgehead atoms. The minimum Gasteiger partial charge on any atom is -0.399 e. The van der Waals surface area contributed by atoms with Gasteiger partial charge in [-0.2, -0.15) is 0 Å². The van der Waals surface area contributed by atoms with Gasteiger partial charge in [0, 0.05) is 17.1 Å². The normalized spacial score (nSPS) is 11.0. The maximum atomic E-state index is 5.91. The van der Waals surface area contributed by atoms with Crippen LogP contribution >= 0.6 is 34.8 Å². The number of nitrogen functional groups attached to an aromatic ring is 1. The largest absolute Gasteiger partial charge is 0.399 e. The molecule has 1 aromatic rings. The van der Waals surface area contributed by atoms with Gasteiger partial charge in [-0.05, 0) is 12.1 Å². The van der Waals surface area contributed by atoms with Crippen LogP contribution < -0.4 is 5.73 Å². The lowest BCUT2D eigenvalue weighted by molar-refractivity contribution is 1.63. The fourth-order valence-electron chi connectivity index (χ4n) is 0.926. The third-order valence-electron chi connectivity index (χ3n) is 1.47. The number of hydrogen-bond acceptors (Lipinski definition) is 1. The molecule has 0 atom stereocenters. The quantitative estimate of drug-likeness (QED) is 0.613. The number of rotatable bonds is 2. The second kappa shape index (κ2) is 4.75. The zero-order valence-corrected chi connectivity index (χ0v) is 9.00. The fraction of sp³-hybridized carbons (Fsp3) is 0.111. The Morgan fingerprint density at radius 3 is 2.23 bits per heavy atom. The number of nitrogens with two attached hydrogens (primary N) is 1. The first-order valence-corrected chi connectivity index (χ1v) is 4.91. The van der Waals surface area contributed by atoms with Crippen molar-refractivity contribution in [2.45, 2.75) is 0 Å². The van der Waals surface area contributed by atoms with Crippen LogP contribution in [0.1, 0.15) is 5.56 Å². The molecule has 0 saturated heterocycles. The monoisotopic (exact) mass is 235 g/mol. The van der Waals surface area contributed by atoms with E-state index in [0.717, 1.165) is 5.56 Å². The van der Waals surface area contributed by atoms with Crippen LogP contribution in [0, 0.1) is 0 Å². The molecule has 0 aliphatic heterocycles. The molecule has 0 radical (unpaired) electrons. The molecule has 0 unspecified atom stereocenters. The Kier molecular flexibility index (Phi) is 3.91. The first kappa shape index (κ1) is 10.7. The van der Waals surface area contributed by atoms with Crippen molar-refractivity contribution < 1.29 is 0 Å². The lowest BCUT2D eigenvalue weighted by atomic mass is 10.2. The first-order valence-electron chi connectivity index (χ1n) is 3.62. The van der Waals surface area contributed by atoms with Crippen molar-refractivity contribution in [1.82, 2.24) is 0 Å². The molecule has 0 spiro atoms. The molecule has 0 aromatic heterocycles. The van der Waals surface area contributed by atoms with Crippen LogP contribution in [-0.4, -0.2) is 5.88 Å². The Balaban J connectivity index is 3.13. The van der Waals surface area contributed by atoms with Crippen LogP contribution in [-0.2, 0) is 0 Å². The van der Waals surface area contributed by atoms with Gasteiger partial charge in [-0.25, -0.2) is 0 Å². The van der Waals surface area contributed by atoms with Crippen LogP contribution in [0.25, 0.3) is 6.08 Å². The summed E-state index contributed by atoms with van der Waals surface area (Å²) in [5.74, 6) is 0.428. The Labute approximate surface area is 92.1 Å². The summed E-state index contributed by atoms with van der Waals surface area (Å²) in [5.41, 5.74) is 6.84. The maximum absolute atomic E-state index is 5.91. The van der Waals surface area contributed by atoms with Crippen molar-refractivity contribution in [1.29, 1.82) is 0 Å². The van der Waals surface area contributed by atoms with E-state index >= 15 is 0 Å². The van der Waals surface area contributed by atoms with Crippen LogP contribution in [0.15, 0.2) is 18.2 Å². The smallest absolute Gasteiger partial charge is 0.0513 e. The standard InChI is InChI=1S/C9H8Cl3N/c10-3-1-2-7-8(11)4-6(13)5-9(7)12/h1-2,4-5H,3,13H2. The lowest BCUT2D eigenvalue weighted by Gasteiger charge is -2.02. The van der Waals surface area contributed by atoms with E-state index in [4.69, 9.17) is 40.5 Å². The molecule has 70 valence electrons. The molecule has 0 aliphatic carbocycles. The average Bonchev–Trinajstić information content (AvgIpc) is 2.02. The van der Waals surface area contributed by atoms with Crippen LogP contribution in [0.4, 0.5) is 5.69 Å². The predicted octanol–water partition coefficient (Wildman–Crippen LogP) is 3.83. The van der Waals surface area contributed by atoms with Gasteiger partial charge in [0.05, 0.1) is 10.0 Å². The molecule has 0 heterocycles. The minimum absolute atomic E-state index is 0.428. The zero-order valence-electron chi connectivity index (χ0n) is 6.73. The first-order chi connectivity index (χ1) is 6.15. The summed E-state index contributed by atoms with van der Waals surface area (Å²) in [5, 5.41) is 1.07. The summed E-state index contributed by atoms with van der Waals surface area (Å²) >= 11 is 17.3. The second-order valence-corrected chi connectivity index (χ2v) is 3.58. The van der Waals surface area contributed by atoms with Crippen LogP contribution in [0.5, 0.6) is 0 Å². The van der Waals surface area contributed by atoms with Gasteiger partial charge < -0.3 is 5.73 Å². The summed E-state index contributed by atoms with van der Waals surface area (Å²) in [7, 11) is 0. The molecule has 1 nitrogen and oxygen atoms in total. The van der Waals surface area contributed by atoms with Crippen LogP contribution in [0.3, 0.4) is 0 Å². The van der Waals surface area contributed by atoms with Crippen molar-refractivity contribution >= 4 is 46.6 Å². The van der Waals surface area contributed by atoms with E-state index in [-0.39, 0.29) is 0 Å². The van der Waals surface area contributed by atoms with Crippen molar-refractivity contribution in [2.24, 2.45) is 0 Å². The Morgan fingerprint density at radius 1 is 1.23 bits per heavy atom. The maximum Gasteiger partial charge on any atom is 0.0513 e. The summed E-state index contributed by atoms with van der Waals surface area (Å²) in [6, 6.07) is 3.31. The molecule has 0 saturated carbocycles. The van der Waals surface area contributed by atoms with Gasteiger partial charge in [-0.3, -0.25) is 0 Å². The summed E-state index contributed by atoms with van der Waals surface area (Å²) in [6.07, 6.45) is 3.54. The molecule has 0 aliphatic rings. The number of hydrogen-bond donors (Lipinski definition) is 1. The highest BCUT2D eigenvalue weighted by Crippen LogP contribution is 2.28. The predicted molar refractivity (Wildman–Crippen MR) is 60.6 cm³/mol. The highest BCUT2D eigenvalue weighted by molar-refractivity contribution is 6.37. The van der Waals surface area contributed by atoms with E-state index in [9.17, 15) is 0 Å².